The van der Waals surface area contributed by atoms with Crippen LogP contribution in [0.15, 0.2) is 48.5 Å². The molecule has 7 heteroatoms. The van der Waals surface area contributed by atoms with Gasteiger partial charge in [-0.2, -0.15) is 0 Å². The van der Waals surface area contributed by atoms with Gasteiger partial charge in [-0.1, -0.05) is 24.3 Å². The van der Waals surface area contributed by atoms with Crippen molar-refractivity contribution < 1.29 is 19.1 Å². The summed E-state index contributed by atoms with van der Waals surface area (Å²) in [5.74, 6) is 1.61. The molecule has 2 rings (SSSR count). The summed E-state index contributed by atoms with van der Waals surface area (Å²) in [6.45, 7) is 2.78. The van der Waals surface area contributed by atoms with Gasteiger partial charge < -0.3 is 19.7 Å². The Bertz CT molecular complexity index is 797. The zero-order chi connectivity index (χ0) is 20.4. The number of carbonyl (C=O) groups excluding carboxylic acids is 2. The van der Waals surface area contributed by atoms with Gasteiger partial charge in [-0.25, -0.2) is 0 Å². The highest BCUT2D eigenvalue weighted by Crippen LogP contribution is 2.25. The minimum atomic E-state index is -0.120. The Balaban J connectivity index is 1.66. The number of nitrogens with zero attached hydrogens (tertiary/aromatic N) is 1. The molecule has 0 radical (unpaired) electrons. The Labute approximate surface area is 170 Å². The number of likely N-dealkylation sites (N-methyl/N-ethyl adjacent to an activating group) is 1. The molecule has 0 aliphatic carbocycles. The van der Waals surface area contributed by atoms with Crippen molar-refractivity contribution in [2.75, 3.05) is 44.1 Å². The number of hydrogen-bond acceptors (Lipinski definition) is 5. The van der Waals surface area contributed by atoms with Crippen LogP contribution in [0.5, 0.6) is 11.5 Å². The normalized spacial score (nSPS) is 10.2. The topological polar surface area (TPSA) is 67.9 Å². The third-order valence-corrected chi connectivity index (χ3v) is 4.86. The summed E-state index contributed by atoms with van der Waals surface area (Å²) in [6, 6.07) is 15.0. The number of hydrogen-bond donors (Lipinski definition) is 1. The molecule has 2 aromatic rings. The standard InChI is InChI=1S/C21H26N2O4S/c1-16-7-6-8-17(13-16)22-20(24)14-28-15-21(25)23(2)11-12-27-19-10-5-4-9-18(19)26-3/h4-10,13H,11-12,14-15H2,1-3H3,(H,22,24). The van der Waals surface area contributed by atoms with E-state index in [1.165, 1.54) is 11.8 Å². The van der Waals surface area contributed by atoms with Crippen molar-refractivity contribution in [1.29, 1.82) is 0 Å². The lowest BCUT2D eigenvalue weighted by molar-refractivity contribution is -0.127. The van der Waals surface area contributed by atoms with Crippen LogP contribution in [-0.2, 0) is 9.59 Å². The molecule has 0 fully saturated rings. The van der Waals surface area contributed by atoms with E-state index in [0.29, 0.717) is 24.7 Å². The number of nitrogens with one attached hydrogen (secondary N) is 1. The van der Waals surface area contributed by atoms with Gasteiger partial charge in [-0.3, -0.25) is 9.59 Å². The number of amides is 2. The van der Waals surface area contributed by atoms with Crippen LogP contribution in [0.2, 0.25) is 0 Å². The second kappa shape index (κ2) is 11.2. The Hall–Kier alpha value is -2.67. The van der Waals surface area contributed by atoms with Gasteiger partial charge in [-0.15, -0.1) is 11.8 Å². The van der Waals surface area contributed by atoms with E-state index in [1.54, 1.807) is 19.1 Å². The van der Waals surface area contributed by atoms with Crippen molar-refractivity contribution in [3.05, 3.63) is 54.1 Å². The Morgan fingerprint density at radius 3 is 2.54 bits per heavy atom. The van der Waals surface area contributed by atoms with Gasteiger partial charge in [0.05, 0.1) is 25.2 Å². The number of aryl methyl sites for hydroxylation is 1. The highest BCUT2D eigenvalue weighted by Gasteiger charge is 2.11. The predicted molar refractivity (Wildman–Crippen MR) is 113 cm³/mol. The molecule has 28 heavy (non-hydrogen) atoms. The van der Waals surface area contributed by atoms with Crippen LogP contribution < -0.4 is 14.8 Å². The SMILES string of the molecule is COc1ccccc1OCCN(C)C(=O)CSCC(=O)Nc1cccc(C)c1. The first-order chi connectivity index (χ1) is 13.5. The summed E-state index contributed by atoms with van der Waals surface area (Å²) in [4.78, 5) is 25.8. The van der Waals surface area contributed by atoms with Crippen molar-refractivity contribution in [2.24, 2.45) is 0 Å². The summed E-state index contributed by atoms with van der Waals surface area (Å²) in [6.07, 6.45) is 0. The number of thioether (sulfide) groups is 1. The summed E-state index contributed by atoms with van der Waals surface area (Å²) in [7, 11) is 3.31. The maximum atomic E-state index is 12.2. The molecule has 0 heterocycles. The minimum absolute atomic E-state index is 0.0445. The van der Waals surface area contributed by atoms with E-state index in [1.807, 2.05) is 55.5 Å². The molecule has 0 spiro atoms. The molecule has 150 valence electrons. The van der Waals surface area contributed by atoms with Crippen LogP contribution in [0.25, 0.3) is 0 Å². The van der Waals surface area contributed by atoms with Gasteiger partial charge in [0.1, 0.15) is 6.61 Å². The van der Waals surface area contributed by atoms with Crippen LogP contribution in [0, 0.1) is 6.92 Å². The molecular formula is C21H26N2O4S. The van der Waals surface area contributed by atoms with E-state index in [2.05, 4.69) is 5.32 Å². The van der Waals surface area contributed by atoms with Gasteiger partial charge >= 0.3 is 0 Å². The van der Waals surface area contributed by atoms with E-state index in [-0.39, 0.29) is 23.3 Å². The highest BCUT2D eigenvalue weighted by molar-refractivity contribution is 8.00. The lowest BCUT2D eigenvalue weighted by Gasteiger charge is -2.18. The lowest BCUT2D eigenvalue weighted by atomic mass is 10.2. The Kier molecular flexibility index (Phi) is 8.68. The fourth-order valence-corrected chi connectivity index (χ4v) is 3.17. The molecule has 6 nitrogen and oxygen atoms in total. The second-order valence-electron chi connectivity index (χ2n) is 6.23. The zero-order valence-electron chi connectivity index (χ0n) is 16.4. The molecule has 0 saturated carbocycles. The number of rotatable bonds is 10. The first-order valence-corrected chi connectivity index (χ1v) is 10.1. The van der Waals surface area contributed by atoms with E-state index in [0.717, 1.165) is 11.3 Å². The fourth-order valence-electron chi connectivity index (χ4n) is 2.42. The van der Waals surface area contributed by atoms with E-state index in [9.17, 15) is 9.59 Å². The molecule has 0 aliphatic heterocycles. The first-order valence-electron chi connectivity index (χ1n) is 8.93. The number of para-hydroxylation sites is 2. The number of benzene rings is 2. The maximum Gasteiger partial charge on any atom is 0.234 e. The van der Waals surface area contributed by atoms with Crippen molar-refractivity contribution in [3.63, 3.8) is 0 Å². The van der Waals surface area contributed by atoms with E-state index >= 15 is 0 Å². The summed E-state index contributed by atoms with van der Waals surface area (Å²) in [5, 5.41) is 2.83. The van der Waals surface area contributed by atoms with E-state index < -0.39 is 0 Å². The Morgan fingerprint density at radius 1 is 1.07 bits per heavy atom. The first kappa shape index (κ1) is 21.6. The number of methoxy groups -OCH3 is 1. The molecule has 0 saturated heterocycles. The van der Waals surface area contributed by atoms with Crippen molar-refractivity contribution in [1.82, 2.24) is 4.90 Å². The van der Waals surface area contributed by atoms with Crippen LogP contribution in [0.3, 0.4) is 0 Å². The van der Waals surface area contributed by atoms with Crippen LogP contribution >= 0.6 is 11.8 Å². The number of ether oxygens (including phenoxy) is 2. The molecule has 0 bridgehead atoms. The monoisotopic (exact) mass is 402 g/mol. The largest absolute Gasteiger partial charge is 0.493 e. The van der Waals surface area contributed by atoms with Gasteiger partial charge in [0, 0.05) is 12.7 Å². The van der Waals surface area contributed by atoms with E-state index in [4.69, 9.17) is 9.47 Å². The van der Waals surface area contributed by atoms with Gasteiger partial charge in [0.15, 0.2) is 11.5 Å². The summed E-state index contributed by atoms with van der Waals surface area (Å²) < 4.78 is 10.9. The lowest BCUT2D eigenvalue weighted by Crippen LogP contribution is -2.32. The summed E-state index contributed by atoms with van der Waals surface area (Å²) in [5.41, 5.74) is 1.85. The predicted octanol–water partition coefficient (Wildman–Crippen LogP) is 3.21. The average molecular weight is 403 g/mol. The number of anilines is 1. The zero-order valence-corrected chi connectivity index (χ0v) is 17.3. The van der Waals surface area contributed by atoms with Crippen molar-refractivity contribution in [3.8, 4) is 11.5 Å². The fraction of sp³-hybridized carbons (Fsp3) is 0.333. The van der Waals surface area contributed by atoms with Gasteiger partial charge in [0.2, 0.25) is 11.8 Å². The quantitative estimate of drug-likeness (QED) is 0.661. The number of carbonyl (C=O) groups is 2. The third-order valence-electron chi connectivity index (χ3n) is 3.94. The van der Waals surface area contributed by atoms with Gasteiger partial charge in [-0.05, 0) is 36.8 Å². The molecular weight excluding hydrogens is 376 g/mol. The molecule has 0 aromatic heterocycles. The van der Waals surface area contributed by atoms with Crippen LogP contribution in [-0.4, -0.2) is 55.5 Å². The Morgan fingerprint density at radius 2 is 1.82 bits per heavy atom. The van der Waals surface area contributed by atoms with Crippen LogP contribution in [0.1, 0.15) is 5.56 Å². The molecule has 0 unspecified atom stereocenters. The third kappa shape index (κ3) is 7.15. The van der Waals surface area contributed by atoms with Crippen molar-refractivity contribution in [2.45, 2.75) is 6.92 Å². The minimum Gasteiger partial charge on any atom is -0.493 e. The van der Waals surface area contributed by atoms with Crippen molar-refractivity contribution >= 4 is 29.3 Å². The smallest absolute Gasteiger partial charge is 0.234 e. The highest BCUT2D eigenvalue weighted by atomic mass is 32.2. The second-order valence-corrected chi connectivity index (χ2v) is 7.21. The molecule has 2 amide bonds. The average Bonchev–Trinajstić information content (AvgIpc) is 2.68. The molecule has 0 atom stereocenters. The van der Waals surface area contributed by atoms with Gasteiger partial charge in [0.25, 0.3) is 0 Å². The van der Waals surface area contributed by atoms with Crippen LogP contribution in [0.4, 0.5) is 5.69 Å². The summed E-state index contributed by atoms with van der Waals surface area (Å²) >= 11 is 1.29. The molecule has 2 aromatic carbocycles. The molecule has 1 N–H and O–H groups in total. The molecule has 0 aliphatic rings. The maximum absolute atomic E-state index is 12.2.